The van der Waals surface area contributed by atoms with Gasteiger partial charge in [-0.25, -0.2) is 9.59 Å². The van der Waals surface area contributed by atoms with Crippen LogP contribution in [0, 0.1) is 0 Å². The van der Waals surface area contributed by atoms with E-state index in [1.807, 2.05) is 66.7 Å². The van der Waals surface area contributed by atoms with Crippen LogP contribution in [0.3, 0.4) is 0 Å². The molecule has 2 aliphatic rings. The third-order valence-corrected chi connectivity index (χ3v) is 9.67. The summed E-state index contributed by atoms with van der Waals surface area (Å²) in [6.45, 7) is 2.85. The molecule has 0 aliphatic carbocycles. The Bertz CT molecular complexity index is 1700. The fourth-order valence-electron chi connectivity index (χ4n) is 6.80. The number of aryl methyl sites for hydroxylation is 1. The third kappa shape index (κ3) is 14.0. The van der Waals surface area contributed by atoms with Gasteiger partial charge >= 0.3 is 12.2 Å². The van der Waals surface area contributed by atoms with Gasteiger partial charge in [0, 0.05) is 43.8 Å². The molecule has 0 bridgehead atoms. The van der Waals surface area contributed by atoms with Gasteiger partial charge in [0.15, 0.2) is 0 Å². The maximum atomic E-state index is 13.1. The van der Waals surface area contributed by atoms with Crippen molar-refractivity contribution in [3.05, 3.63) is 89.0 Å². The van der Waals surface area contributed by atoms with Gasteiger partial charge in [0.2, 0.25) is 0 Å². The normalized spacial score (nSPS) is 16.7. The highest BCUT2D eigenvalue weighted by molar-refractivity contribution is 5.89. The summed E-state index contributed by atoms with van der Waals surface area (Å²) in [5.74, 6) is 1.48. The van der Waals surface area contributed by atoms with Crippen molar-refractivity contribution in [3.63, 3.8) is 0 Å². The van der Waals surface area contributed by atoms with Crippen LogP contribution in [-0.4, -0.2) is 121 Å². The predicted molar refractivity (Wildman–Crippen MR) is 203 cm³/mol. The maximum Gasteiger partial charge on any atom is 0.414 e. The van der Waals surface area contributed by atoms with E-state index in [0.717, 1.165) is 52.3 Å². The van der Waals surface area contributed by atoms with Crippen LogP contribution < -0.4 is 14.4 Å². The molecule has 318 valence electrons. The van der Waals surface area contributed by atoms with Crippen LogP contribution in [0.1, 0.15) is 60.3 Å². The van der Waals surface area contributed by atoms with Gasteiger partial charge in [-0.1, -0.05) is 42.5 Å². The summed E-state index contributed by atoms with van der Waals surface area (Å²) in [7, 11) is 1.64. The molecule has 58 heavy (non-hydrogen) atoms. The molecule has 0 spiro atoms. The number of piperidine rings is 1. The molecular weight excluding hydrogens is 760 g/mol. The number of carbonyl (C=O) groups is 2. The lowest BCUT2D eigenvalue weighted by Crippen LogP contribution is -2.47. The molecule has 1 fully saturated rings. The van der Waals surface area contributed by atoms with Crippen molar-refractivity contribution >= 4 is 17.9 Å². The second-order valence-electron chi connectivity index (χ2n) is 13.7. The topological polar surface area (TPSA) is 202 Å². The number of para-hydroxylation sites is 1. The number of likely N-dealkylation sites (tertiary alicyclic amines) is 1. The van der Waals surface area contributed by atoms with Crippen molar-refractivity contribution in [3.8, 4) is 11.5 Å². The van der Waals surface area contributed by atoms with Crippen molar-refractivity contribution in [1.82, 2.24) is 15.7 Å². The second kappa shape index (κ2) is 23.7. The van der Waals surface area contributed by atoms with Crippen molar-refractivity contribution in [2.24, 2.45) is 0 Å². The fourth-order valence-corrected chi connectivity index (χ4v) is 6.80. The Morgan fingerprint density at radius 3 is 2.21 bits per heavy atom. The van der Waals surface area contributed by atoms with Crippen molar-refractivity contribution < 1.29 is 68.5 Å². The first-order valence-corrected chi connectivity index (χ1v) is 19.3. The Labute approximate surface area is 337 Å². The molecule has 18 heteroatoms. The average Bonchev–Trinajstić information content (AvgIpc) is 3.23. The van der Waals surface area contributed by atoms with Crippen molar-refractivity contribution in [1.29, 1.82) is 0 Å². The van der Waals surface area contributed by atoms with Crippen LogP contribution in [0.2, 0.25) is 0 Å². The van der Waals surface area contributed by atoms with Gasteiger partial charge in [0.05, 0.1) is 89.1 Å². The second-order valence-corrected chi connectivity index (χ2v) is 13.7. The van der Waals surface area contributed by atoms with Gasteiger partial charge in [0.1, 0.15) is 11.5 Å². The molecule has 2 unspecified atom stereocenters. The highest BCUT2D eigenvalue weighted by Crippen LogP contribution is 2.34. The molecule has 4 N–H and O–H groups in total. The average molecular weight is 815 g/mol. The smallest absolute Gasteiger partial charge is 0.414 e. The van der Waals surface area contributed by atoms with Gasteiger partial charge in [0.25, 0.3) is 0 Å². The summed E-state index contributed by atoms with van der Waals surface area (Å²) in [5.41, 5.74) is 4.62. The molecule has 2 atom stereocenters. The Balaban J connectivity index is 1.18. The first-order valence-electron chi connectivity index (χ1n) is 19.3. The van der Waals surface area contributed by atoms with E-state index in [4.69, 9.17) is 49.3 Å². The number of ether oxygens (including phenoxy) is 6. The highest BCUT2D eigenvalue weighted by Gasteiger charge is 2.34. The molecule has 18 nitrogen and oxygen atoms in total. The summed E-state index contributed by atoms with van der Waals surface area (Å²) in [5, 5.41) is 34.0. The zero-order valence-corrected chi connectivity index (χ0v) is 32.7. The minimum atomic E-state index is -0.508. The quantitative estimate of drug-likeness (QED) is 0.0691. The molecule has 2 heterocycles. The number of hydrogen-bond donors (Lipinski definition) is 4. The van der Waals surface area contributed by atoms with E-state index >= 15 is 0 Å². The molecule has 5 rings (SSSR count). The lowest BCUT2D eigenvalue weighted by molar-refractivity contribution is -0.493. The zero-order valence-electron chi connectivity index (χ0n) is 32.7. The van der Waals surface area contributed by atoms with Gasteiger partial charge in [-0.3, -0.25) is 35.4 Å². The van der Waals surface area contributed by atoms with Crippen molar-refractivity contribution in [2.45, 2.75) is 63.8 Å². The van der Waals surface area contributed by atoms with Crippen LogP contribution in [0.15, 0.2) is 66.7 Å². The number of carbonyl (C=O) groups excluding carboxylic acids is 2. The Morgan fingerprint density at radius 2 is 1.48 bits per heavy atom. The predicted octanol–water partition coefficient (Wildman–Crippen LogP) is 5.89. The number of amides is 2. The van der Waals surface area contributed by atoms with Crippen molar-refractivity contribution in [2.75, 3.05) is 71.3 Å². The molecule has 0 saturated carbocycles. The Kier molecular flexibility index (Phi) is 18.2. The van der Waals surface area contributed by atoms with Crippen LogP contribution in [0.4, 0.5) is 15.3 Å². The summed E-state index contributed by atoms with van der Waals surface area (Å²) in [4.78, 5) is 38.3. The van der Waals surface area contributed by atoms with E-state index in [9.17, 15) is 9.59 Å². The monoisotopic (exact) mass is 814 g/mol. The number of benzene rings is 3. The van der Waals surface area contributed by atoms with E-state index in [1.54, 1.807) is 16.9 Å². The summed E-state index contributed by atoms with van der Waals surface area (Å²) in [6, 6.07) is 21.6. The molecule has 2 amide bonds. The lowest BCUT2D eigenvalue weighted by Gasteiger charge is -2.38. The van der Waals surface area contributed by atoms with Gasteiger partial charge < -0.3 is 33.3 Å². The van der Waals surface area contributed by atoms with E-state index in [2.05, 4.69) is 9.68 Å². The highest BCUT2D eigenvalue weighted by atomic mass is 17.1. The Morgan fingerprint density at radius 1 is 0.776 bits per heavy atom. The number of rotatable bonds is 22. The molecule has 3 aromatic carbocycles. The molecule has 0 radical (unpaired) electrons. The maximum absolute atomic E-state index is 13.1. The first kappa shape index (κ1) is 44.5. The Hall–Kier alpha value is -4.60. The molecule has 0 aromatic heterocycles. The zero-order chi connectivity index (χ0) is 41.1. The van der Waals surface area contributed by atoms with E-state index in [-0.39, 0.29) is 69.1 Å². The van der Waals surface area contributed by atoms with E-state index in [1.165, 1.54) is 0 Å². The van der Waals surface area contributed by atoms with Crippen LogP contribution >= 0.6 is 0 Å². The van der Waals surface area contributed by atoms with E-state index < -0.39 is 18.3 Å². The largest absolute Gasteiger partial charge is 0.496 e. The minimum Gasteiger partial charge on any atom is -0.496 e. The van der Waals surface area contributed by atoms with Crippen LogP contribution in [0.25, 0.3) is 0 Å². The SMILES string of the molecule is COc1ccccc1COCCCOc1ccc(C2CCN(C(=O)OCCCON(O)O)CC2OCc2ccc3c(c2)N(C(=O)OCCCON(O)O)CCC3)cc1. The number of anilines is 1. The minimum absolute atomic E-state index is 0.0270. The number of nitrogens with zero attached hydrogens (tertiary/aromatic N) is 4. The van der Waals surface area contributed by atoms with Crippen LogP contribution in [-0.2, 0) is 48.3 Å². The molecular formula is C40H54N4O14. The van der Waals surface area contributed by atoms with Crippen LogP contribution in [0.5, 0.6) is 11.5 Å². The van der Waals surface area contributed by atoms with Gasteiger partial charge in [-0.2, -0.15) is 0 Å². The summed E-state index contributed by atoms with van der Waals surface area (Å²) in [6.07, 6.45) is 2.01. The fraction of sp³-hybridized carbons (Fsp3) is 0.500. The number of hydrogen-bond acceptors (Lipinski definition) is 16. The molecule has 1 saturated heterocycles. The molecule has 2 aliphatic heterocycles. The van der Waals surface area contributed by atoms with Gasteiger partial charge in [-0.05, 0) is 60.2 Å². The summed E-state index contributed by atoms with van der Waals surface area (Å²) >= 11 is 0. The standard InChI is InChI=1S/C40H54N4O14/c1-51-37-10-3-2-8-33(37)29-52-20-5-21-53-34-15-13-31(14-16-34)35-17-19-41(39(45)54-22-6-24-57-43(47)48)27-38(35)56-28-30-11-12-32-9-4-18-42(36(32)26-30)40(46)55-23-7-25-58-44(49)50/h2-3,8,10-16,26,35,38,47-50H,4-7,9,17-25,27-29H2,1H3. The lowest BCUT2D eigenvalue weighted by atomic mass is 9.87. The number of methoxy groups -OCH3 is 1. The third-order valence-electron chi connectivity index (χ3n) is 9.67. The number of fused-ring (bicyclic) bond motifs is 1. The van der Waals surface area contributed by atoms with E-state index in [0.29, 0.717) is 45.8 Å². The molecule has 3 aromatic rings. The first-order chi connectivity index (χ1) is 28.2. The summed E-state index contributed by atoms with van der Waals surface area (Å²) < 4.78 is 34.7. The van der Waals surface area contributed by atoms with Gasteiger partial charge in [-0.15, -0.1) is 0 Å².